The number of amides is 1. The molecule has 1 aliphatic rings. The first-order valence-electron chi connectivity index (χ1n) is 8.69. The van der Waals surface area contributed by atoms with Crippen LogP contribution in [0, 0.1) is 5.92 Å². The van der Waals surface area contributed by atoms with Gasteiger partial charge in [0.15, 0.2) is 0 Å². The second kappa shape index (κ2) is 8.94. The average Bonchev–Trinajstić information content (AvgIpc) is 2.76. The number of likely N-dealkylation sites (tertiary alicyclic amines) is 1. The molecule has 0 bridgehead atoms. The predicted octanol–water partition coefficient (Wildman–Crippen LogP) is 3.55. The minimum atomic E-state index is 0.277. The quantitative estimate of drug-likeness (QED) is 0.802. The molecule has 0 N–H and O–H groups in total. The van der Waals surface area contributed by atoms with E-state index in [-0.39, 0.29) is 5.91 Å². The molecular weight excluding hydrogens is 272 g/mol. The van der Waals surface area contributed by atoms with Crippen molar-refractivity contribution in [2.45, 2.75) is 46.1 Å². The van der Waals surface area contributed by atoms with Crippen LogP contribution in [0.2, 0.25) is 0 Å². The maximum absolute atomic E-state index is 12.7. The number of carbonyl (C=O) groups excluding carboxylic acids is 1. The Morgan fingerprint density at radius 2 is 1.73 bits per heavy atom. The lowest BCUT2D eigenvalue weighted by atomic mass is 10.1. The highest BCUT2D eigenvalue weighted by Gasteiger charge is 2.19. The second-order valence-corrected chi connectivity index (χ2v) is 6.84. The van der Waals surface area contributed by atoms with Crippen molar-refractivity contribution in [2.75, 3.05) is 26.2 Å². The highest BCUT2D eigenvalue weighted by molar-refractivity contribution is 5.78. The van der Waals surface area contributed by atoms with Gasteiger partial charge in [0.1, 0.15) is 0 Å². The van der Waals surface area contributed by atoms with E-state index in [0.717, 1.165) is 26.2 Å². The normalized spacial score (nSPS) is 16.5. The van der Waals surface area contributed by atoms with Gasteiger partial charge in [-0.2, -0.15) is 0 Å². The fraction of sp³-hybridized carbons (Fsp3) is 0.632. The summed E-state index contributed by atoms with van der Waals surface area (Å²) in [6, 6.07) is 10.3. The van der Waals surface area contributed by atoms with Crippen LogP contribution in [0.25, 0.3) is 0 Å². The van der Waals surface area contributed by atoms with Crippen LogP contribution < -0.4 is 0 Å². The summed E-state index contributed by atoms with van der Waals surface area (Å²) in [6.07, 6.45) is 5.08. The van der Waals surface area contributed by atoms with Gasteiger partial charge in [0.2, 0.25) is 5.91 Å². The summed E-state index contributed by atoms with van der Waals surface area (Å²) in [7, 11) is 0. The molecule has 1 aromatic rings. The molecule has 22 heavy (non-hydrogen) atoms. The fourth-order valence-electron chi connectivity index (χ4n) is 3.08. The average molecular weight is 302 g/mol. The minimum Gasteiger partial charge on any atom is -0.337 e. The molecule has 122 valence electrons. The molecule has 0 unspecified atom stereocenters. The molecule has 0 spiro atoms. The zero-order chi connectivity index (χ0) is 15.8. The Hall–Kier alpha value is -1.35. The number of rotatable bonds is 6. The van der Waals surface area contributed by atoms with Crippen LogP contribution in [0.1, 0.15) is 45.1 Å². The van der Waals surface area contributed by atoms with Gasteiger partial charge in [0.05, 0.1) is 6.54 Å². The van der Waals surface area contributed by atoms with Crippen LogP contribution in [0.4, 0.5) is 0 Å². The molecule has 0 aliphatic carbocycles. The first-order chi connectivity index (χ1) is 10.6. The number of benzene rings is 1. The number of nitrogens with zero attached hydrogens (tertiary/aromatic N) is 2. The Morgan fingerprint density at radius 3 is 2.32 bits per heavy atom. The summed E-state index contributed by atoms with van der Waals surface area (Å²) in [5.74, 6) is 0.774. The summed E-state index contributed by atoms with van der Waals surface area (Å²) in [4.78, 5) is 17.1. The van der Waals surface area contributed by atoms with E-state index in [1.807, 2.05) is 23.1 Å². The summed E-state index contributed by atoms with van der Waals surface area (Å²) in [5, 5.41) is 0. The van der Waals surface area contributed by atoms with Crippen molar-refractivity contribution in [3.8, 4) is 0 Å². The third kappa shape index (κ3) is 5.80. The van der Waals surface area contributed by atoms with Gasteiger partial charge >= 0.3 is 0 Å². The van der Waals surface area contributed by atoms with Crippen molar-refractivity contribution in [3.05, 3.63) is 35.9 Å². The SMILES string of the molecule is CC(C)CN(Cc1ccccc1)C(=O)CN1CCCCCC1. The summed E-state index contributed by atoms with van der Waals surface area (Å²) >= 11 is 0. The standard InChI is InChI=1S/C19H30N2O/c1-17(2)14-21(15-18-10-6-5-7-11-18)19(22)16-20-12-8-3-4-9-13-20/h5-7,10-11,17H,3-4,8-9,12-16H2,1-2H3. The Labute approximate surface area is 135 Å². The van der Waals surface area contributed by atoms with Crippen molar-refractivity contribution in [3.63, 3.8) is 0 Å². The van der Waals surface area contributed by atoms with Crippen LogP contribution in [-0.2, 0) is 11.3 Å². The summed E-state index contributed by atoms with van der Waals surface area (Å²) < 4.78 is 0. The topological polar surface area (TPSA) is 23.6 Å². The van der Waals surface area contributed by atoms with Gasteiger partial charge in [-0.05, 0) is 37.4 Å². The smallest absolute Gasteiger partial charge is 0.237 e. The lowest BCUT2D eigenvalue weighted by Crippen LogP contribution is -2.42. The van der Waals surface area contributed by atoms with Crippen molar-refractivity contribution in [1.82, 2.24) is 9.80 Å². The van der Waals surface area contributed by atoms with E-state index < -0.39 is 0 Å². The lowest BCUT2D eigenvalue weighted by molar-refractivity contribution is -0.133. The highest BCUT2D eigenvalue weighted by atomic mass is 16.2. The lowest BCUT2D eigenvalue weighted by Gasteiger charge is -2.28. The van der Waals surface area contributed by atoms with Crippen LogP contribution in [0.15, 0.2) is 30.3 Å². The monoisotopic (exact) mass is 302 g/mol. The molecular formula is C19H30N2O. The van der Waals surface area contributed by atoms with Gasteiger partial charge in [-0.3, -0.25) is 9.69 Å². The molecule has 0 saturated carbocycles. The fourth-order valence-corrected chi connectivity index (χ4v) is 3.08. The van der Waals surface area contributed by atoms with E-state index in [0.29, 0.717) is 12.5 Å². The third-order valence-corrected chi connectivity index (χ3v) is 4.21. The van der Waals surface area contributed by atoms with Crippen LogP contribution in [0.3, 0.4) is 0 Å². The number of carbonyl (C=O) groups is 1. The van der Waals surface area contributed by atoms with E-state index in [2.05, 4.69) is 30.9 Å². The zero-order valence-electron chi connectivity index (χ0n) is 14.1. The molecule has 1 fully saturated rings. The molecule has 1 amide bonds. The maximum atomic E-state index is 12.7. The van der Waals surface area contributed by atoms with Gasteiger partial charge in [-0.25, -0.2) is 0 Å². The first kappa shape index (κ1) is 17.0. The molecule has 3 heteroatoms. The van der Waals surface area contributed by atoms with E-state index in [9.17, 15) is 4.79 Å². The Kier molecular flexibility index (Phi) is 6.91. The molecule has 1 aromatic carbocycles. The van der Waals surface area contributed by atoms with Crippen molar-refractivity contribution < 1.29 is 4.79 Å². The molecule has 1 saturated heterocycles. The molecule has 1 heterocycles. The molecule has 3 nitrogen and oxygen atoms in total. The van der Waals surface area contributed by atoms with Gasteiger partial charge in [0, 0.05) is 13.1 Å². The van der Waals surface area contributed by atoms with Crippen LogP contribution >= 0.6 is 0 Å². The Bertz CT molecular complexity index is 436. The molecule has 0 atom stereocenters. The highest BCUT2D eigenvalue weighted by Crippen LogP contribution is 2.12. The molecule has 1 aliphatic heterocycles. The van der Waals surface area contributed by atoms with Gasteiger partial charge < -0.3 is 4.90 Å². The zero-order valence-corrected chi connectivity index (χ0v) is 14.1. The van der Waals surface area contributed by atoms with E-state index in [1.54, 1.807) is 0 Å². The van der Waals surface area contributed by atoms with E-state index in [1.165, 1.54) is 31.2 Å². The Morgan fingerprint density at radius 1 is 1.09 bits per heavy atom. The van der Waals surface area contributed by atoms with Crippen LogP contribution in [0.5, 0.6) is 0 Å². The maximum Gasteiger partial charge on any atom is 0.237 e. The van der Waals surface area contributed by atoms with Gasteiger partial charge in [0.25, 0.3) is 0 Å². The molecule has 0 radical (unpaired) electrons. The second-order valence-electron chi connectivity index (χ2n) is 6.84. The van der Waals surface area contributed by atoms with Crippen molar-refractivity contribution >= 4 is 5.91 Å². The predicted molar refractivity (Wildman–Crippen MR) is 91.6 cm³/mol. The van der Waals surface area contributed by atoms with Gasteiger partial charge in [-0.1, -0.05) is 57.0 Å². The molecule has 0 aromatic heterocycles. The molecule has 2 rings (SSSR count). The van der Waals surface area contributed by atoms with Crippen molar-refractivity contribution in [2.24, 2.45) is 5.92 Å². The largest absolute Gasteiger partial charge is 0.337 e. The summed E-state index contributed by atoms with van der Waals surface area (Å²) in [6.45, 7) is 8.65. The van der Waals surface area contributed by atoms with Gasteiger partial charge in [-0.15, -0.1) is 0 Å². The van der Waals surface area contributed by atoms with Crippen molar-refractivity contribution in [1.29, 1.82) is 0 Å². The minimum absolute atomic E-state index is 0.277. The first-order valence-corrected chi connectivity index (χ1v) is 8.69. The van der Waals surface area contributed by atoms with E-state index >= 15 is 0 Å². The van der Waals surface area contributed by atoms with Crippen LogP contribution in [-0.4, -0.2) is 41.9 Å². The third-order valence-electron chi connectivity index (χ3n) is 4.21. The summed E-state index contributed by atoms with van der Waals surface area (Å²) in [5.41, 5.74) is 1.22. The van der Waals surface area contributed by atoms with E-state index in [4.69, 9.17) is 0 Å². The number of hydrogen-bond acceptors (Lipinski definition) is 2. The number of hydrogen-bond donors (Lipinski definition) is 0. The Balaban J connectivity index is 1.95.